The minimum absolute atomic E-state index is 0. The molecule has 2 N–H and O–H groups in total. The van der Waals surface area contributed by atoms with E-state index < -0.39 is 0 Å². The molecule has 70 valence electrons. The van der Waals surface area contributed by atoms with Gasteiger partial charge in [0.25, 0.3) is 0 Å². The Morgan fingerprint density at radius 2 is 1.09 bits per heavy atom. The minimum Gasteiger partial charge on any atom is -0.679 e. The van der Waals surface area contributed by atoms with E-state index in [9.17, 15) is 0 Å². The van der Waals surface area contributed by atoms with Crippen LogP contribution in [0, 0.1) is 20.2 Å². The molecular formula is C2H6N4O4Pd-2. The molecule has 0 saturated carbocycles. The molecule has 0 aromatic heterocycles. The molecule has 0 amide bonds. The average Bonchev–Trinajstić information content (AvgIpc) is 1.91. The summed E-state index contributed by atoms with van der Waals surface area (Å²) in [5.41, 5.74) is 12.5. The van der Waals surface area contributed by atoms with Crippen LogP contribution >= 0.6 is 0 Å². The molecule has 8 nitrogen and oxygen atoms in total. The van der Waals surface area contributed by atoms with Gasteiger partial charge in [-0.1, -0.05) is 0 Å². The van der Waals surface area contributed by atoms with Crippen molar-refractivity contribution >= 4 is 0 Å². The zero-order chi connectivity index (χ0) is 8.83. The van der Waals surface area contributed by atoms with E-state index >= 15 is 0 Å². The van der Waals surface area contributed by atoms with Gasteiger partial charge in [0, 0.05) is 0 Å². The largest absolute Gasteiger partial charge is 2.00 e. The van der Waals surface area contributed by atoms with Gasteiger partial charge < -0.3 is 31.7 Å². The van der Waals surface area contributed by atoms with E-state index in [2.05, 4.69) is 0 Å². The second-order valence-corrected chi connectivity index (χ2v) is 0.649. The summed E-state index contributed by atoms with van der Waals surface area (Å²) < 4.78 is 0. The minimum atomic E-state index is 0. The third-order valence-electron chi connectivity index (χ3n) is 0.125. The van der Waals surface area contributed by atoms with Crippen molar-refractivity contribution in [2.45, 2.75) is 0 Å². The van der Waals surface area contributed by atoms with Gasteiger partial charge >= 0.3 is 20.4 Å². The van der Waals surface area contributed by atoms with Gasteiger partial charge in [0.2, 0.25) is 0 Å². The van der Waals surface area contributed by atoms with Crippen molar-refractivity contribution in [3.05, 3.63) is 31.7 Å². The van der Waals surface area contributed by atoms with Crippen molar-refractivity contribution in [2.75, 3.05) is 13.1 Å². The van der Waals surface area contributed by atoms with Gasteiger partial charge in [-0.05, 0) is 0 Å². The second-order valence-electron chi connectivity index (χ2n) is 0.649. The normalized spacial score (nSPS) is 4.91. The molecule has 0 aliphatic heterocycles. The fourth-order valence-electron chi connectivity index (χ4n) is 0. The molecule has 0 aliphatic rings. The number of hydrogen-bond acceptors (Lipinski definition) is 6. The summed E-state index contributed by atoms with van der Waals surface area (Å²) in [6.07, 6.45) is 0. The van der Waals surface area contributed by atoms with Crippen LogP contribution in [0.3, 0.4) is 0 Å². The van der Waals surface area contributed by atoms with Gasteiger partial charge in [-0.15, -0.1) is 10.7 Å². The van der Waals surface area contributed by atoms with Crippen LogP contribution in [0.15, 0.2) is 10.7 Å². The van der Waals surface area contributed by atoms with E-state index in [1.54, 1.807) is 0 Å². The fourth-order valence-corrected chi connectivity index (χ4v) is 0. The first kappa shape index (κ1) is 22.4. The summed E-state index contributed by atoms with van der Waals surface area (Å²) in [7, 11) is 0. The van der Waals surface area contributed by atoms with Crippen LogP contribution in [-0.4, -0.2) is 13.1 Å². The van der Waals surface area contributed by atoms with Gasteiger partial charge in [0.1, 0.15) is 0 Å². The Labute approximate surface area is 76.5 Å². The molecular weight excluding hydrogens is 250 g/mol. The van der Waals surface area contributed by atoms with E-state index in [1.165, 1.54) is 0 Å². The topological polar surface area (TPSA) is 153 Å². The van der Waals surface area contributed by atoms with Crippen molar-refractivity contribution in [1.29, 1.82) is 0 Å². The van der Waals surface area contributed by atoms with Crippen LogP contribution in [0.5, 0.6) is 0 Å². The Morgan fingerprint density at radius 1 is 1.00 bits per heavy atom. The Kier molecular flexibility index (Phi) is 118. The number of nitrogens with zero attached hydrogens (tertiary/aromatic N) is 2. The van der Waals surface area contributed by atoms with E-state index in [-0.39, 0.29) is 33.5 Å². The molecule has 0 aromatic carbocycles. The Hall–Kier alpha value is -0.618. The monoisotopic (exact) mass is 256 g/mol. The first-order valence-corrected chi connectivity index (χ1v) is 1.94. The molecule has 0 heterocycles. The predicted molar refractivity (Wildman–Crippen MR) is 36.7 cm³/mol. The maximum atomic E-state index is 8.00. The summed E-state index contributed by atoms with van der Waals surface area (Å²) >= 11 is 0. The zero-order valence-electron chi connectivity index (χ0n) is 5.26. The van der Waals surface area contributed by atoms with E-state index in [4.69, 9.17) is 31.7 Å². The predicted octanol–water partition coefficient (Wildman–Crippen LogP) is 1.59. The SMILES string of the molecule is O=N[O-].O=N[O-].[NH-]CC[NH-].[Pd+2]. The molecule has 0 aromatic rings. The summed E-state index contributed by atoms with van der Waals surface area (Å²) in [6, 6.07) is 0. The summed E-state index contributed by atoms with van der Waals surface area (Å²) in [4.78, 5) is 16.0. The summed E-state index contributed by atoms with van der Waals surface area (Å²) in [5, 5.41) is 18.0. The molecule has 0 radical (unpaired) electrons. The van der Waals surface area contributed by atoms with Crippen LogP contribution in [0.25, 0.3) is 11.5 Å². The first-order valence-electron chi connectivity index (χ1n) is 1.94. The van der Waals surface area contributed by atoms with Crippen molar-refractivity contribution in [2.24, 2.45) is 10.7 Å². The fraction of sp³-hybridized carbons (Fsp3) is 1.00. The maximum Gasteiger partial charge on any atom is 2.00 e. The maximum absolute atomic E-state index is 8.00. The number of nitrogens with one attached hydrogen (secondary N) is 2. The second kappa shape index (κ2) is 57.6. The molecule has 0 atom stereocenters. The van der Waals surface area contributed by atoms with Crippen LogP contribution in [0.4, 0.5) is 0 Å². The molecule has 0 aliphatic carbocycles. The third-order valence-corrected chi connectivity index (χ3v) is 0.125. The molecule has 0 bridgehead atoms. The van der Waals surface area contributed by atoms with Crippen LogP contribution < -0.4 is 0 Å². The van der Waals surface area contributed by atoms with Crippen LogP contribution in [-0.2, 0) is 20.4 Å². The molecule has 0 unspecified atom stereocenters. The van der Waals surface area contributed by atoms with E-state index in [0.717, 1.165) is 10.7 Å². The number of hydrogen-bond donors (Lipinski definition) is 0. The van der Waals surface area contributed by atoms with Gasteiger partial charge in [-0.25, -0.2) is 0 Å². The van der Waals surface area contributed by atoms with Crippen molar-refractivity contribution in [3.63, 3.8) is 0 Å². The van der Waals surface area contributed by atoms with Crippen LogP contribution in [0.2, 0.25) is 0 Å². The Morgan fingerprint density at radius 3 is 1.09 bits per heavy atom. The Bertz CT molecular complexity index is 56.1. The molecule has 0 saturated heterocycles. The molecule has 11 heavy (non-hydrogen) atoms. The smallest absolute Gasteiger partial charge is 0.679 e. The van der Waals surface area contributed by atoms with Gasteiger partial charge in [-0.2, -0.15) is 13.1 Å². The average molecular weight is 257 g/mol. The van der Waals surface area contributed by atoms with Gasteiger partial charge in [0.05, 0.1) is 0 Å². The molecule has 9 heteroatoms. The van der Waals surface area contributed by atoms with Crippen molar-refractivity contribution in [3.8, 4) is 0 Å². The summed E-state index contributed by atoms with van der Waals surface area (Å²) in [6.45, 7) is 0.472. The molecule has 0 fully saturated rings. The van der Waals surface area contributed by atoms with Crippen molar-refractivity contribution in [1.82, 2.24) is 0 Å². The third kappa shape index (κ3) is 3500. The Balaban J connectivity index is -0.0000000325. The van der Waals surface area contributed by atoms with Crippen molar-refractivity contribution < 1.29 is 20.4 Å². The standard InChI is InChI=1S/C2H6N2.2HNO2.Pd/c3-1-2-4;2*2-1-3;/h3-4H,1-2H2;2*(H,2,3);/q-2;;;+2/p-2. The number of rotatable bonds is 1. The molecule has 0 spiro atoms. The van der Waals surface area contributed by atoms with Gasteiger partial charge in [0.15, 0.2) is 0 Å². The quantitative estimate of drug-likeness (QED) is 0.397. The zero-order valence-corrected chi connectivity index (χ0v) is 6.81. The van der Waals surface area contributed by atoms with E-state index in [1.807, 2.05) is 0 Å². The van der Waals surface area contributed by atoms with E-state index in [0.29, 0.717) is 0 Å². The molecule has 0 rings (SSSR count). The summed E-state index contributed by atoms with van der Waals surface area (Å²) in [5.74, 6) is 0. The van der Waals surface area contributed by atoms with Gasteiger partial charge in [-0.3, -0.25) is 0 Å². The van der Waals surface area contributed by atoms with Crippen LogP contribution in [0.1, 0.15) is 0 Å². The first-order chi connectivity index (χ1) is 4.74.